The van der Waals surface area contributed by atoms with E-state index in [9.17, 15) is 13.5 Å². The summed E-state index contributed by atoms with van der Waals surface area (Å²) in [6, 6.07) is 6.63. The molecule has 5 heteroatoms. The van der Waals surface area contributed by atoms with Crippen LogP contribution >= 0.6 is 0 Å². The fraction of sp³-hybridized carbons (Fsp3) is 0.647. The Morgan fingerprint density at radius 1 is 1.23 bits per heavy atom. The molecule has 2 atom stereocenters. The Labute approximate surface area is 134 Å². The average molecular weight is 327 g/mol. The molecule has 0 fully saturated rings. The summed E-state index contributed by atoms with van der Waals surface area (Å²) < 4.78 is 25.2. The summed E-state index contributed by atoms with van der Waals surface area (Å²) >= 11 is 0. The number of aliphatic hydroxyl groups excluding tert-OH is 1. The van der Waals surface area contributed by atoms with Gasteiger partial charge in [0.25, 0.3) is 0 Å². The molecule has 0 spiro atoms. The van der Waals surface area contributed by atoms with E-state index in [0.29, 0.717) is 23.4 Å². The van der Waals surface area contributed by atoms with Gasteiger partial charge < -0.3 is 10.8 Å². The maximum atomic E-state index is 12.6. The SMILES string of the molecule is CCCC[C@H](CC)CS(=O)(=O)c1cccc([C@H](O)CCN)c1. The first kappa shape index (κ1) is 19.1. The molecule has 0 saturated carbocycles. The maximum Gasteiger partial charge on any atom is 0.178 e. The smallest absolute Gasteiger partial charge is 0.178 e. The number of benzene rings is 1. The highest BCUT2D eigenvalue weighted by atomic mass is 32.2. The van der Waals surface area contributed by atoms with Gasteiger partial charge in [-0.25, -0.2) is 8.42 Å². The first-order valence-corrected chi connectivity index (χ1v) is 9.80. The van der Waals surface area contributed by atoms with Crippen LogP contribution in [-0.4, -0.2) is 25.8 Å². The number of unbranched alkanes of at least 4 members (excludes halogenated alkanes) is 1. The van der Waals surface area contributed by atoms with Crippen molar-refractivity contribution in [3.8, 4) is 0 Å². The van der Waals surface area contributed by atoms with Gasteiger partial charge in [0.1, 0.15) is 0 Å². The highest BCUT2D eigenvalue weighted by Crippen LogP contribution is 2.23. The molecule has 1 aromatic carbocycles. The Balaban J connectivity index is 2.90. The van der Waals surface area contributed by atoms with Gasteiger partial charge in [-0.2, -0.15) is 0 Å². The van der Waals surface area contributed by atoms with Gasteiger partial charge in [-0.15, -0.1) is 0 Å². The van der Waals surface area contributed by atoms with E-state index in [1.807, 2.05) is 6.92 Å². The van der Waals surface area contributed by atoms with Crippen molar-refractivity contribution >= 4 is 9.84 Å². The zero-order chi connectivity index (χ0) is 16.6. The van der Waals surface area contributed by atoms with Crippen LogP contribution in [0, 0.1) is 5.92 Å². The molecule has 0 heterocycles. The van der Waals surface area contributed by atoms with Crippen molar-refractivity contribution in [2.45, 2.75) is 57.0 Å². The van der Waals surface area contributed by atoms with Crippen LogP contribution in [0.25, 0.3) is 0 Å². The summed E-state index contributed by atoms with van der Waals surface area (Å²) in [7, 11) is -3.32. The summed E-state index contributed by atoms with van der Waals surface area (Å²) in [5.41, 5.74) is 6.06. The molecule has 0 aromatic heterocycles. The van der Waals surface area contributed by atoms with E-state index in [2.05, 4.69) is 6.92 Å². The zero-order valence-corrected chi connectivity index (χ0v) is 14.5. The molecule has 0 amide bonds. The Bertz CT molecular complexity index is 543. The summed E-state index contributed by atoms with van der Waals surface area (Å²) in [5.74, 6) is 0.377. The molecule has 1 aromatic rings. The molecule has 22 heavy (non-hydrogen) atoms. The predicted octanol–water partition coefficient (Wildman–Crippen LogP) is 3.06. The van der Waals surface area contributed by atoms with E-state index in [4.69, 9.17) is 5.73 Å². The van der Waals surface area contributed by atoms with Crippen LogP contribution in [0.15, 0.2) is 29.2 Å². The molecule has 0 aliphatic rings. The molecule has 0 bridgehead atoms. The number of hydrogen-bond acceptors (Lipinski definition) is 4. The van der Waals surface area contributed by atoms with Crippen molar-refractivity contribution in [1.29, 1.82) is 0 Å². The van der Waals surface area contributed by atoms with E-state index in [1.54, 1.807) is 24.3 Å². The highest BCUT2D eigenvalue weighted by Gasteiger charge is 2.21. The first-order valence-electron chi connectivity index (χ1n) is 8.15. The molecule has 1 rings (SSSR count). The van der Waals surface area contributed by atoms with Gasteiger partial charge in [0.05, 0.1) is 16.8 Å². The monoisotopic (exact) mass is 327 g/mol. The van der Waals surface area contributed by atoms with Gasteiger partial charge >= 0.3 is 0 Å². The molecular formula is C17H29NO3S. The topological polar surface area (TPSA) is 80.4 Å². The summed E-state index contributed by atoms with van der Waals surface area (Å²) in [4.78, 5) is 0.302. The molecule has 4 nitrogen and oxygen atoms in total. The summed E-state index contributed by atoms with van der Waals surface area (Å²) in [6.45, 7) is 4.52. The van der Waals surface area contributed by atoms with Crippen molar-refractivity contribution in [1.82, 2.24) is 0 Å². The van der Waals surface area contributed by atoms with E-state index in [-0.39, 0.29) is 11.7 Å². The molecular weight excluding hydrogens is 298 g/mol. The van der Waals surface area contributed by atoms with E-state index >= 15 is 0 Å². The van der Waals surface area contributed by atoms with E-state index in [0.717, 1.165) is 25.7 Å². The van der Waals surface area contributed by atoms with Crippen molar-refractivity contribution in [2.75, 3.05) is 12.3 Å². The van der Waals surface area contributed by atoms with Gasteiger partial charge in [-0.3, -0.25) is 0 Å². The third-order valence-corrected chi connectivity index (χ3v) is 5.92. The lowest BCUT2D eigenvalue weighted by Gasteiger charge is -2.16. The average Bonchev–Trinajstić information content (AvgIpc) is 2.51. The van der Waals surface area contributed by atoms with Crippen LogP contribution in [0.3, 0.4) is 0 Å². The quantitative estimate of drug-likeness (QED) is 0.692. The van der Waals surface area contributed by atoms with Gasteiger partial charge in [-0.1, -0.05) is 45.2 Å². The third-order valence-electron chi connectivity index (χ3n) is 4.04. The Hall–Kier alpha value is -0.910. The van der Waals surface area contributed by atoms with Gasteiger partial charge in [0, 0.05) is 0 Å². The molecule has 0 radical (unpaired) electrons. The molecule has 0 aliphatic carbocycles. The number of rotatable bonds is 10. The summed E-state index contributed by atoms with van der Waals surface area (Å²) in [5, 5.41) is 9.98. The van der Waals surface area contributed by atoms with Crippen molar-refractivity contribution < 1.29 is 13.5 Å². The van der Waals surface area contributed by atoms with E-state index in [1.165, 1.54) is 0 Å². The number of hydrogen-bond donors (Lipinski definition) is 2. The Kier molecular flexibility index (Phi) is 8.07. The van der Waals surface area contributed by atoms with Gasteiger partial charge in [0.15, 0.2) is 9.84 Å². The van der Waals surface area contributed by atoms with Crippen LogP contribution in [0.4, 0.5) is 0 Å². The standard InChI is InChI=1S/C17H29NO3S/c1-3-5-7-14(4-2)13-22(20,21)16-9-6-8-15(12-16)17(19)10-11-18/h6,8-9,12,14,17,19H,3-5,7,10-11,13,18H2,1-2H3/t14-,17+/m0/s1. The van der Waals surface area contributed by atoms with Crippen molar-refractivity contribution in [3.63, 3.8) is 0 Å². The van der Waals surface area contributed by atoms with Gasteiger partial charge in [-0.05, 0) is 43.0 Å². The molecule has 126 valence electrons. The minimum atomic E-state index is -3.32. The van der Waals surface area contributed by atoms with Crippen LogP contribution in [0.1, 0.15) is 57.6 Å². The van der Waals surface area contributed by atoms with Crippen LogP contribution < -0.4 is 5.73 Å². The lowest BCUT2D eigenvalue weighted by atomic mass is 10.0. The minimum absolute atomic E-state index is 0.180. The highest BCUT2D eigenvalue weighted by molar-refractivity contribution is 7.91. The normalized spacial score (nSPS) is 14.7. The van der Waals surface area contributed by atoms with Crippen LogP contribution in [0.2, 0.25) is 0 Å². The number of sulfone groups is 1. The number of aliphatic hydroxyl groups is 1. The first-order chi connectivity index (χ1) is 10.4. The second-order valence-electron chi connectivity index (χ2n) is 5.86. The second kappa shape index (κ2) is 9.28. The predicted molar refractivity (Wildman–Crippen MR) is 90.4 cm³/mol. The minimum Gasteiger partial charge on any atom is -0.388 e. The Morgan fingerprint density at radius 2 is 1.95 bits per heavy atom. The third kappa shape index (κ3) is 5.71. The van der Waals surface area contributed by atoms with Gasteiger partial charge in [0.2, 0.25) is 0 Å². The fourth-order valence-electron chi connectivity index (χ4n) is 2.54. The van der Waals surface area contributed by atoms with E-state index < -0.39 is 15.9 Å². The van der Waals surface area contributed by atoms with Crippen molar-refractivity contribution in [2.24, 2.45) is 11.7 Å². The molecule has 0 unspecified atom stereocenters. The number of nitrogens with two attached hydrogens (primary N) is 1. The molecule has 0 saturated heterocycles. The fourth-order valence-corrected chi connectivity index (χ4v) is 4.36. The van der Waals surface area contributed by atoms with Crippen LogP contribution in [0.5, 0.6) is 0 Å². The molecule has 0 aliphatic heterocycles. The summed E-state index contributed by atoms with van der Waals surface area (Å²) in [6.07, 6.45) is 3.68. The van der Waals surface area contributed by atoms with Crippen LogP contribution in [-0.2, 0) is 9.84 Å². The lowest BCUT2D eigenvalue weighted by Crippen LogP contribution is -2.16. The van der Waals surface area contributed by atoms with Crippen molar-refractivity contribution in [3.05, 3.63) is 29.8 Å². The molecule has 3 N–H and O–H groups in total. The lowest BCUT2D eigenvalue weighted by molar-refractivity contribution is 0.170. The zero-order valence-electron chi connectivity index (χ0n) is 13.7. The largest absolute Gasteiger partial charge is 0.388 e. The maximum absolute atomic E-state index is 12.6. The second-order valence-corrected chi connectivity index (χ2v) is 7.90. The Morgan fingerprint density at radius 3 is 2.55 bits per heavy atom.